The molecule has 0 bridgehead atoms. The third kappa shape index (κ3) is 15.8. The summed E-state index contributed by atoms with van der Waals surface area (Å²) in [4.78, 5) is 85.9. The smallest absolute Gasteiger partial charge is 0.246 e. The average molecular weight is 1730 g/mol. The van der Waals surface area contributed by atoms with Crippen LogP contribution in [0.3, 0.4) is 0 Å². The van der Waals surface area contributed by atoms with E-state index in [1.54, 1.807) is 29.4 Å². The number of likely N-dealkylation sites (N-methyl/N-ethyl adjacent to an activating group) is 3. The topological polar surface area (TPSA) is 263 Å². The number of anilines is 6. The molecule has 26 nitrogen and oxygen atoms in total. The zero-order chi connectivity index (χ0) is 87.0. The molecular formula is C88H98Cl3F5N22O4. The quantitative estimate of drug-likeness (QED) is 0.0419. The van der Waals surface area contributed by atoms with Crippen LogP contribution in [-0.4, -0.2) is 259 Å². The Bertz CT molecular complexity index is 5700. The number of nitrogens with one attached hydrogen (secondary N) is 4. The lowest BCUT2D eigenvalue weighted by molar-refractivity contribution is -0.129. The fourth-order valence-electron chi connectivity index (χ4n) is 17.5. The van der Waals surface area contributed by atoms with Crippen molar-refractivity contribution in [3.8, 4) is 39.1 Å². The summed E-state index contributed by atoms with van der Waals surface area (Å²) in [5.74, 6) is -0.670. The first-order chi connectivity index (χ1) is 58.3. The van der Waals surface area contributed by atoms with Crippen LogP contribution in [0.2, 0.25) is 15.1 Å². The number of rotatable bonds is 17. The van der Waals surface area contributed by atoms with Crippen LogP contribution in [0.25, 0.3) is 87.9 Å². The number of nitrogens with zero attached hydrogens (tertiary/aromatic N) is 18. The van der Waals surface area contributed by atoms with E-state index < -0.39 is 35.2 Å². The first-order valence-corrected chi connectivity index (χ1v) is 41.9. The normalized spacial score (nSPS) is 20.0. The lowest BCUT2D eigenvalue weighted by atomic mass is 9.96. The van der Waals surface area contributed by atoms with E-state index in [1.165, 1.54) is 43.4 Å². The number of halogens is 8. The molecule has 6 aliphatic rings. The number of phenolic OH excluding ortho intramolecular Hbond substituents is 1. The SMILES string of the molecule is C=CC(=O)N1C[C@H](C)N(c2nc(N3CC(N(C)CC(C)F)C3)nc3c(F)c(-c4c(O)cccc4F)c(Cl)cc23)C[C@H]1C.C=CC(=O)N1C[C@H](C)N(c2nc(N3CC(NC)C3)nc3c(F)c(-c4c(C)ccc5cn[nH]c45)c(Cl)cc23)C[C@H]1C.C=CC(=O)N1C[C@H](C)N(c2nc(N3CC(NC)C3)nc3c(F)c(-c4c(C)ccc5cn[nH]c45)c(Cl)cc23)C[C@H]1C. The number of carbonyl (C=O) groups is 3. The first-order valence-electron chi connectivity index (χ1n) is 40.8. The molecule has 17 rings (SSSR count). The van der Waals surface area contributed by atoms with Crippen LogP contribution >= 0.6 is 34.8 Å². The highest BCUT2D eigenvalue weighted by Crippen LogP contribution is 2.48. The minimum absolute atomic E-state index is 0.0688. The zero-order valence-corrected chi connectivity index (χ0v) is 72.3. The monoisotopic (exact) mass is 1730 g/mol. The summed E-state index contributed by atoms with van der Waals surface area (Å²) >= 11 is 20.4. The number of fused-ring (bicyclic) bond motifs is 5. The van der Waals surface area contributed by atoms with Crippen LogP contribution in [0.15, 0.2) is 111 Å². The molecule has 0 spiro atoms. The zero-order valence-electron chi connectivity index (χ0n) is 70.0. The predicted molar refractivity (Wildman–Crippen MR) is 474 cm³/mol. The third-order valence-electron chi connectivity index (χ3n) is 24.5. The van der Waals surface area contributed by atoms with Crippen molar-refractivity contribution in [3.63, 3.8) is 0 Å². The molecule has 1 unspecified atom stereocenters. The number of hydrogen-bond donors (Lipinski definition) is 5. The number of H-pyrrole nitrogens is 2. The van der Waals surface area contributed by atoms with Gasteiger partial charge in [0.05, 0.1) is 44.1 Å². The van der Waals surface area contributed by atoms with E-state index >= 15 is 13.2 Å². The standard InChI is InChI=1S/C30H34ClF3N6O2.2C29H32ClFN8O/c1-6-24(42)39-12-18(4)40(13-17(39)3)29-20-10-21(31)25(26-22(33)8-7-9-23(26)41)27(34)28(20)35-30(36-29)38-14-19(15-38)37(5)11-16(2)32;2*1-6-22(40)38-11-17(4)39(12-16(38)3)28-20-9-21(30)24(23-15(2)7-8-18-10-33-36-26(18)23)25(31)27(20)34-29(35-28)37-13-19(14-37)32-5/h6-10,16-19,41H,1,11-15H2,2-5H3;2*6-10,16-17,19,32H,1,11-14H2,2-5H3,(H,33,36)/t16?,17-,18+;2*16-,17+/m111/s1. The molecule has 6 aromatic carbocycles. The van der Waals surface area contributed by atoms with E-state index in [1.807, 2.05) is 135 Å². The summed E-state index contributed by atoms with van der Waals surface area (Å²) in [7, 11) is 5.70. The van der Waals surface area contributed by atoms with Gasteiger partial charge in [-0.05, 0) is 143 Å². The van der Waals surface area contributed by atoms with Gasteiger partial charge in [-0.1, -0.05) is 84.9 Å². The van der Waals surface area contributed by atoms with Crippen molar-refractivity contribution in [2.75, 3.05) is 136 Å². The van der Waals surface area contributed by atoms with Crippen LogP contribution in [0.5, 0.6) is 5.75 Å². The highest BCUT2D eigenvalue weighted by atomic mass is 35.5. The summed E-state index contributed by atoms with van der Waals surface area (Å²) < 4.78 is 78.4. The summed E-state index contributed by atoms with van der Waals surface area (Å²) in [5, 5.41) is 34.9. The number of hydrogen-bond acceptors (Lipinski definition) is 21. The number of aromatic amines is 2. The van der Waals surface area contributed by atoms with Gasteiger partial charge in [0.2, 0.25) is 35.6 Å². The number of amides is 3. The molecule has 0 radical (unpaired) electrons. The van der Waals surface area contributed by atoms with Gasteiger partial charge in [-0.25, -0.2) is 36.9 Å². The molecule has 6 saturated heterocycles. The molecule has 7 atom stereocenters. The molecule has 11 aromatic rings. The largest absolute Gasteiger partial charge is 0.507 e. The van der Waals surface area contributed by atoms with E-state index in [-0.39, 0.29) is 126 Å². The second-order valence-corrected chi connectivity index (χ2v) is 34.1. The Hall–Kier alpha value is -11.1. The number of aromatic hydroxyl groups is 1. The molecular weight excluding hydrogens is 1630 g/mol. The molecule has 0 aliphatic carbocycles. The minimum atomic E-state index is -0.977. The number of aromatic nitrogens is 10. The summed E-state index contributed by atoms with van der Waals surface area (Å²) in [5.41, 5.74) is 4.80. The van der Waals surface area contributed by atoms with Crippen molar-refractivity contribution in [2.45, 2.75) is 123 Å². The van der Waals surface area contributed by atoms with E-state index in [9.17, 15) is 28.3 Å². The number of piperazine rings is 3. The van der Waals surface area contributed by atoms with Crippen molar-refractivity contribution >= 4 is 142 Å². The summed E-state index contributed by atoms with van der Waals surface area (Å²) in [6, 6.07) is 16.5. The van der Waals surface area contributed by atoms with Gasteiger partial charge in [0.25, 0.3) is 0 Å². The number of benzene rings is 6. The molecule has 0 saturated carbocycles. The van der Waals surface area contributed by atoms with E-state index in [2.05, 4.69) is 65.5 Å². The summed E-state index contributed by atoms with van der Waals surface area (Å²) in [6.45, 7) is 35.2. The van der Waals surface area contributed by atoms with Gasteiger partial charge < -0.3 is 59.8 Å². The Morgan fingerprint density at radius 1 is 0.508 bits per heavy atom. The van der Waals surface area contributed by atoms with Gasteiger partial charge in [0.1, 0.15) is 51.7 Å². The maximum absolute atomic E-state index is 16.8. The lowest BCUT2D eigenvalue weighted by Crippen LogP contribution is -2.60. The fraction of sp³-hybridized carbons (Fsp3) is 0.398. The van der Waals surface area contributed by atoms with Gasteiger partial charge >= 0.3 is 0 Å². The first kappa shape index (κ1) is 85.9. The number of phenols is 1. The molecule has 5 aromatic heterocycles. The maximum atomic E-state index is 16.8. The second-order valence-electron chi connectivity index (χ2n) is 32.9. The molecule has 6 fully saturated rings. The van der Waals surface area contributed by atoms with E-state index in [0.717, 1.165) is 65.2 Å². The van der Waals surface area contributed by atoms with E-state index in [4.69, 9.17) is 59.7 Å². The van der Waals surface area contributed by atoms with Crippen molar-refractivity contribution in [1.82, 2.24) is 80.5 Å². The Morgan fingerprint density at radius 2 is 0.852 bits per heavy atom. The second kappa shape index (κ2) is 34.7. The molecule has 3 amide bonds. The van der Waals surface area contributed by atoms with Crippen molar-refractivity contribution in [1.29, 1.82) is 0 Å². The van der Waals surface area contributed by atoms with Gasteiger partial charge in [-0.2, -0.15) is 25.1 Å². The molecule has 5 N–H and O–H groups in total. The maximum Gasteiger partial charge on any atom is 0.246 e. The van der Waals surface area contributed by atoms with Crippen LogP contribution in [0, 0.1) is 37.1 Å². The van der Waals surface area contributed by atoms with Crippen LogP contribution in [0.1, 0.15) is 59.6 Å². The molecule has 11 heterocycles. The van der Waals surface area contributed by atoms with Gasteiger partial charge in [0.15, 0.2) is 17.5 Å². The highest BCUT2D eigenvalue weighted by Gasteiger charge is 2.42. The Balaban J connectivity index is 0.000000142. The molecule has 640 valence electrons. The van der Waals surface area contributed by atoms with Crippen molar-refractivity contribution in [3.05, 3.63) is 160 Å². The summed E-state index contributed by atoms with van der Waals surface area (Å²) in [6.07, 6.45) is 6.42. The Labute approximate surface area is 718 Å². The van der Waals surface area contributed by atoms with Crippen molar-refractivity contribution < 1.29 is 41.4 Å². The highest BCUT2D eigenvalue weighted by molar-refractivity contribution is 6.36. The Morgan fingerprint density at radius 3 is 1.18 bits per heavy atom. The number of alkyl halides is 1. The predicted octanol–water partition coefficient (Wildman–Crippen LogP) is 13.6. The van der Waals surface area contributed by atoms with Crippen LogP contribution < -0.4 is 40.0 Å². The van der Waals surface area contributed by atoms with E-state index in [0.29, 0.717) is 121 Å². The number of aryl methyl sites for hydroxylation is 2. The minimum Gasteiger partial charge on any atom is -0.507 e. The van der Waals surface area contributed by atoms with Crippen LogP contribution in [-0.2, 0) is 14.4 Å². The van der Waals surface area contributed by atoms with Crippen LogP contribution in [0.4, 0.5) is 57.3 Å². The molecule has 122 heavy (non-hydrogen) atoms. The third-order valence-corrected chi connectivity index (χ3v) is 25.4. The van der Waals surface area contributed by atoms with Gasteiger partial charge in [-0.3, -0.25) is 29.5 Å². The Kier molecular flexibility index (Phi) is 24.4. The molecule has 34 heteroatoms. The van der Waals surface area contributed by atoms with Gasteiger partial charge in [-0.15, -0.1) is 0 Å². The molecule has 6 aliphatic heterocycles. The lowest BCUT2D eigenvalue weighted by Gasteiger charge is -2.46. The number of carbonyl (C=O) groups excluding carboxylic acids is 3. The van der Waals surface area contributed by atoms with Crippen molar-refractivity contribution in [2.24, 2.45) is 0 Å². The average Bonchev–Trinajstić information content (AvgIpc) is 1.18. The van der Waals surface area contributed by atoms with Gasteiger partial charge in [0, 0.05) is 194 Å². The fourth-order valence-corrected chi connectivity index (χ4v) is 18.4.